The van der Waals surface area contributed by atoms with E-state index in [2.05, 4.69) is 17.5 Å². The van der Waals surface area contributed by atoms with Crippen molar-refractivity contribution in [2.75, 3.05) is 0 Å². The van der Waals surface area contributed by atoms with Gasteiger partial charge in [0.2, 0.25) is 0 Å². The van der Waals surface area contributed by atoms with Crippen LogP contribution in [-0.2, 0) is 12.8 Å². The van der Waals surface area contributed by atoms with Crippen LogP contribution in [0.4, 0.5) is 5.69 Å². The molecule has 136 valence electrons. The fraction of sp³-hybridized carbons (Fsp3) is 0.333. The molecular formula is C18H19N3O4S. The minimum atomic E-state index is -0.560. The summed E-state index contributed by atoms with van der Waals surface area (Å²) in [6.07, 6.45) is 5.53. The fourth-order valence-electron chi connectivity index (χ4n) is 3.03. The molecule has 3 rings (SSSR count). The molecule has 0 fully saturated rings. The van der Waals surface area contributed by atoms with Gasteiger partial charge < -0.3 is 5.11 Å². The SMILES string of the molecule is CC[C@@H]1CCc2sc(C(=O)N/N=C\c3cc([N+](=O)[O-])ccc3O)cc2C1. The molecule has 0 bridgehead atoms. The quantitative estimate of drug-likeness (QED) is 0.474. The lowest BCUT2D eigenvalue weighted by Gasteiger charge is -2.19. The first-order valence-corrected chi connectivity index (χ1v) is 9.22. The van der Waals surface area contributed by atoms with Gasteiger partial charge in [-0.2, -0.15) is 5.10 Å². The summed E-state index contributed by atoms with van der Waals surface area (Å²) >= 11 is 1.49. The summed E-state index contributed by atoms with van der Waals surface area (Å²) in [5, 5.41) is 24.3. The maximum absolute atomic E-state index is 12.3. The second-order valence-electron chi connectivity index (χ2n) is 6.28. The van der Waals surface area contributed by atoms with Crippen molar-refractivity contribution in [3.05, 3.63) is 55.3 Å². The van der Waals surface area contributed by atoms with Crippen molar-refractivity contribution >= 4 is 29.1 Å². The Bertz CT molecular complexity index is 875. The van der Waals surface area contributed by atoms with Gasteiger partial charge in [-0.05, 0) is 42.9 Å². The molecule has 26 heavy (non-hydrogen) atoms. The summed E-state index contributed by atoms with van der Waals surface area (Å²) in [4.78, 5) is 24.4. The van der Waals surface area contributed by atoms with Crippen LogP contribution in [0.25, 0.3) is 0 Å². The lowest BCUT2D eigenvalue weighted by atomic mass is 9.87. The van der Waals surface area contributed by atoms with Crippen molar-refractivity contribution in [2.45, 2.75) is 32.6 Å². The van der Waals surface area contributed by atoms with Gasteiger partial charge in [-0.25, -0.2) is 5.43 Å². The van der Waals surface area contributed by atoms with Crippen LogP contribution in [0.15, 0.2) is 29.4 Å². The van der Waals surface area contributed by atoms with E-state index in [1.165, 1.54) is 46.2 Å². The molecule has 2 N–H and O–H groups in total. The van der Waals surface area contributed by atoms with Crippen LogP contribution < -0.4 is 5.43 Å². The first-order valence-electron chi connectivity index (χ1n) is 8.40. The third-order valence-electron chi connectivity index (χ3n) is 4.58. The number of nitrogens with zero attached hydrogens (tertiary/aromatic N) is 2. The standard InChI is InChI=1S/C18H19N3O4S/c1-2-11-3-6-16-12(7-11)9-17(26-16)18(23)20-19-10-13-8-14(21(24)25)4-5-15(13)22/h4-5,8-11,22H,2-3,6-7H2,1H3,(H,20,23)/b19-10-/t11-/m1/s1. The molecule has 0 radical (unpaired) electrons. The number of nitro groups is 1. The summed E-state index contributed by atoms with van der Waals surface area (Å²) in [5.41, 5.74) is 3.67. The van der Waals surface area contributed by atoms with Gasteiger partial charge in [0.15, 0.2) is 0 Å². The normalized spacial score (nSPS) is 16.4. The lowest BCUT2D eigenvalue weighted by Crippen LogP contribution is -2.16. The minimum Gasteiger partial charge on any atom is -0.507 e. The molecule has 0 aliphatic heterocycles. The second-order valence-corrected chi connectivity index (χ2v) is 7.41. The van der Waals surface area contributed by atoms with E-state index in [9.17, 15) is 20.0 Å². The van der Waals surface area contributed by atoms with Gasteiger partial charge >= 0.3 is 0 Å². The molecule has 0 saturated carbocycles. The Kier molecular flexibility index (Phi) is 5.32. The van der Waals surface area contributed by atoms with Crippen LogP contribution in [-0.4, -0.2) is 22.2 Å². The topological polar surface area (TPSA) is 105 Å². The molecule has 0 saturated heterocycles. The molecule has 0 spiro atoms. The Morgan fingerprint density at radius 2 is 2.31 bits per heavy atom. The Hall–Kier alpha value is -2.74. The van der Waals surface area contributed by atoms with Crippen LogP contribution in [0.2, 0.25) is 0 Å². The van der Waals surface area contributed by atoms with Gasteiger partial charge in [0.05, 0.1) is 16.0 Å². The van der Waals surface area contributed by atoms with Gasteiger partial charge in [-0.1, -0.05) is 13.3 Å². The smallest absolute Gasteiger partial charge is 0.281 e. The van der Waals surface area contributed by atoms with Crippen molar-refractivity contribution < 1.29 is 14.8 Å². The number of phenols is 1. The number of benzene rings is 1. The molecule has 2 aromatic rings. The number of hydrogen-bond donors (Lipinski definition) is 2. The van der Waals surface area contributed by atoms with Crippen LogP contribution in [0, 0.1) is 16.0 Å². The summed E-state index contributed by atoms with van der Waals surface area (Å²) in [5.74, 6) is 0.215. The van der Waals surface area contributed by atoms with Gasteiger partial charge in [-0.3, -0.25) is 14.9 Å². The van der Waals surface area contributed by atoms with Gasteiger partial charge in [0.25, 0.3) is 11.6 Å². The number of nitrogens with one attached hydrogen (secondary N) is 1. The third kappa shape index (κ3) is 3.91. The monoisotopic (exact) mass is 373 g/mol. The van der Waals surface area contributed by atoms with E-state index < -0.39 is 4.92 Å². The number of carbonyl (C=O) groups excluding carboxylic acids is 1. The van der Waals surface area contributed by atoms with Crippen molar-refractivity contribution in [2.24, 2.45) is 11.0 Å². The van der Waals surface area contributed by atoms with Crippen LogP contribution >= 0.6 is 11.3 Å². The average molecular weight is 373 g/mol. The number of fused-ring (bicyclic) bond motifs is 1. The number of carbonyl (C=O) groups is 1. The molecule has 7 nitrogen and oxygen atoms in total. The Balaban J connectivity index is 1.68. The number of aromatic hydroxyl groups is 1. The van der Waals surface area contributed by atoms with Gasteiger partial charge in [0, 0.05) is 22.6 Å². The van der Waals surface area contributed by atoms with E-state index in [1.54, 1.807) is 0 Å². The summed E-state index contributed by atoms with van der Waals surface area (Å²) in [7, 11) is 0. The van der Waals surface area contributed by atoms with Crippen molar-refractivity contribution in [3.63, 3.8) is 0 Å². The Morgan fingerprint density at radius 1 is 1.50 bits per heavy atom. The molecule has 1 aliphatic carbocycles. The van der Waals surface area contributed by atoms with Crippen molar-refractivity contribution in [1.82, 2.24) is 5.43 Å². The highest BCUT2D eigenvalue weighted by atomic mass is 32.1. The molecule has 1 aromatic carbocycles. The third-order valence-corrected chi connectivity index (χ3v) is 5.81. The fourth-order valence-corrected chi connectivity index (χ4v) is 4.13. The number of hydrazone groups is 1. The van der Waals surface area contributed by atoms with Crippen LogP contribution in [0.3, 0.4) is 0 Å². The zero-order valence-corrected chi connectivity index (χ0v) is 15.1. The number of phenolic OH excluding ortho intramolecular Hbond substituents is 1. The lowest BCUT2D eigenvalue weighted by molar-refractivity contribution is -0.384. The van der Waals surface area contributed by atoms with Gasteiger partial charge in [-0.15, -0.1) is 11.3 Å². The Labute approximate surface area is 154 Å². The summed E-state index contributed by atoms with van der Waals surface area (Å²) in [6.45, 7) is 2.19. The Morgan fingerprint density at radius 3 is 3.04 bits per heavy atom. The highest BCUT2D eigenvalue weighted by molar-refractivity contribution is 7.14. The minimum absolute atomic E-state index is 0.147. The molecule has 1 aliphatic rings. The highest BCUT2D eigenvalue weighted by Gasteiger charge is 2.21. The second kappa shape index (κ2) is 7.65. The number of hydrogen-bond acceptors (Lipinski definition) is 6. The van der Waals surface area contributed by atoms with E-state index in [0.717, 1.165) is 25.7 Å². The number of thiophene rings is 1. The molecule has 1 aromatic heterocycles. The predicted octanol–water partition coefficient (Wildman–Crippen LogP) is 3.64. The van der Waals surface area contributed by atoms with E-state index >= 15 is 0 Å². The average Bonchev–Trinajstić information content (AvgIpc) is 3.06. The number of non-ortho nitro benzene ring substituents is 1. The van der Waals surface area contributed by atoms with Crippen molar-refractivity contribution in [1.29, 1.82) is 0 Å². The van der Waals surface area contributed by atoms with Crippen molar-refractivity contribution in [3.8, 4) is 5.75 Å². The van der Waals surface area contributed by atoms with E-state index in [4.69, 9.17) is 0 Å². The van der Waals surface area contributed by atoms with Gasteiger partial charge in [0.1, 0.15) is 5.75 Å². The predicted molar refractivity (Wildman–Crippen MR) is 99.9 cm³/mol. The van der Waals surface area contributed by atoms with E-state index in [-0.39, 0.29) is 22.9 Å². The molecule has 1 amide bonds. The maximum Gasteiger partial charge on any atom is 0.281 e. The molecule has 0 unspecified atom stereocenters. The molecule has 1 heterocycles. The van der Waals surface area contributed by atoms with Crippen LogP contribution in [0.5, 0.6) is 5.75 Å². The first kappa shape index (κ1) is 18.1. The number of nitro benzene ring substituents is 1. The van der Waals surface area contributed by atoms with Crippen LogP contribution in [0.1, 0.15) is 45.4 Å². The molecule has 8 heteroatoms. The van der Waals surface area contributed by atoms with E-state index in [0.29, 0.717) is 10.8 Å². The zero-order chi connectivity index (χ0) is 18.7. The largest absolute Gasteiger partial charge is 0.507 e. The molecular weight excluding hydrogens is 354 g/mol. The first-order chi connectivity index (χ1) is 12.5. The number of aryl methyl sites for hydroxylation is 1. The highest BCUT2D eigenvalue weighted by Crippen LogP contribution is 2.33. The number of rotatable bonds is 5. The maximum atomic E-state index is 12.3. The summed E-state index contributed by atoms with van der Waals surface area (Å²) in [6, 6.07) is 5.54. The summed E-state index contributed by atoms with van der Waals surface area (Å²) < 4.78 is 0. The molecule has 1 atom stereocenters. The van der Waals surface area contributed by atoms with E-state index in [1.807, 2.05) is 6.07 Å². The number of amides is 1. The zero-order valence-electron chi connectivity index (χ0n) is 14.3.